The van der Waals surface area contributed by atoms with E-state index in [9.17, 15) is 0 Å². The first-order valence-electron chi connectivity index (χ1n) is 5.14. The van der Waals surface area contributed by atoms with E-state index in [1.807, 2.05) is 30.3 Å². The van der Waals surface area contributed by atoms with E-state index < -0.39 is 0 Å². The van der Waals surface area contributed by atoms with Gasteiger partial charge in [0.1, 0.15) is 5.15 Å². The van der Waals surface area contributed by atoms with Crippen LogP contribution in [-0.2, 0) is 0 Å². The standard InChI is InChI=1S/C12H13ClN2O/c13-12-9(10(14)5-6-16)7-8-3-1-2-4-11(8)15-12/h1-4,7,10,16H,5-6,14H2. The quantitative estimate of drug-likeness (QED) is 0.804. The molecule has 1 atom stereocenters. The van der Waals surface area contributed by atoms with Gasteiger partial charge in [-0.1, -0.05) is 29.8 Å². The van der Waals surface area contributed by atoms with Crippen LogP contribution in [0.1, 0.15) is 18.0 Å². The second-order valence-electron chi connectivity index (χ2n) is 3.68. The van der Waals surface area contributed by atoms with Crippen LogP contribution in [0.25, 0.3) is 10.9 Å². The summed E-state index contributed by atoms with van der Waals surface area (Å²) >= 11 is 6.06. The van der Waals surface area contributed by atoms with Crippen LogP contribution < -0.4 is 5.73 Å². The number of rotatable bonds is 3. The highest BCUT2D eigenvalue weighted by Crippen LogP contribution is 2.25. The van der Waals surface area contributed by atoms with Crippen molar-refractivity contribution in [3.05, 3.63) is 41.0 Å². The molecule has 0 radical (unpaired) electrons. The number of hydrogen-bond acceptors (Lipinski definition) is 3. The smallest absolute Gasteiger partial charge is 0.134 e. The second-order valence-corrected chi connectivity index (χ2v) is 4.04. The van der Waals surface area contributed by atoms with E-state index in [0.29, 0.717) is 11.6 Å². The van der Waals surface area contributed by atoms with Gasteiger partial charge in [-0.05, 0) is 18.6 Å². The zero-order valence-corrected chi connectivity index (χ0v) is 9.48. The molecule has 3 N–H and O–H groups in total. The Kier molecular flexibility index (Phi) is 3.39. The minimum Gasteiger partial charge on any atom is -0.396 e. The lowest BCUT2D eigenvalue weighted by Crippen LogP contribution is -2.13. The lowest BCUT2D eigenvalue weighted by atomic mass is 10.0. The maximum Gasteiger partial charge on any atom is 0.134 e. The summed E-state index contributed by atoms with van der Waals surface area (Å²) in [7, 11) is 0. The molecule has 1 heterocycles. The fourth-order valence-corrected chi connectivity index (χ4v) is 1.95. The maximum absolute atomic E-state index is 8.86. The zero-order valence-electron chi connectivity index (χ0n) is 8.73. The molecule has 4 heteroatoms. The maximum atomic E-state index is 8.86. The van der Waals surface area contributed by atoms with E-state index in [1.54, 1.807) is 0 Å². The molecule has 1 aromatic heterocycles. The van der Waals surface area contributed by atoms with E-state index >= 15 is 0 Å². The predicted molar refractivity (Wildman–Crippen MR) is 65.4 cm³/mol. The van der Waals surface area contributed by atoms with E-state index in [0.717, 1.165) is 16.5 Å². The average molecular weight is 237 g/mol. The number of aromatic nitrogens is 1. The fourth-order valence-electron chi connectivity index (χ4n) is 1.66. The van der Waals surface area contributed by atoms with Crippen LogP contribution in [-0.4, -0.2) is 16.7 Å². The molecule has 2 aromatic rings. The van der Waals surface area contributed by atoms with Gasteiger partial charge >= 0.3 is 0 Å². The van der Waals surface area contributed by atoms with Crippen LogP contribution in [0.15, 0.2) is 30.3 Å². The van der Waals surface area contributed by atoms with Crippen molar-refractivity contribution >= 4 is 22.5 Å². The summed E-state index contributed by atoms with van der Waals surface area (Å²) in [6.45, 7) is 0.0460. The predicted octanol–water partition coefficient (Wildman–Crippen LogP) is 2.27. The topological polar surface area (TPSA) is 59.1 Å². The molecule has 0 aliphatic rings. The third-order valence-electron chi connectivity index (χ3n) is 2.54. The number of aliphatic hydroxyl groups excluding tert-OH is 1. The van der Waals surface area contributed by atoms with Crippen LogP contribution in [0.3, 0.4) is 0 Å². The van der Waals surface area contributed by atoms with Gasteiger partial charge in [0.25, 0.3) is 0 Å². The minimum absolute atomic E-state index is 0.0460. The molecule has 0 fully saturated rings. The van der Waals surface area contributed by atoms with Gasteiger partial charge in [-0.25, -0.2) is 4.98 Å². The normalized spacial score (nSPS) is 12.9. The third kappa shape index (κ3) is 2.16. The summed E-state index contributed by atoms with van der Waals surface area (Å²) in [5.74, 6) is 0. The highest BCUT2D eigenvalue weighted by molar-refractivity contribution is 6.30. The first-order chi connectivity index (χ1) is 7.72. The number of fused-ring (bicyclic) bond motifs is 1. The number of aliphatic hydroxyl groups is 1. The summed E-state index contributed by atoms with van der Waals surface area (Å²) in [5, 5.41) is 10.3. The zero-order chi connectivity index (χ0) is 11.5. The largest absolute Gasteiger partial charge is 0.396 e. The van der Waals surface area contributed by atoms with Crippen molar-refractivity contribution in [3.63, 3.8) is 0 Å². The number of pyridine rings is 1. The van der Waals surface area contributed by atoms with Crippen molar-refractivity contribution in [1.29, 1.82) is 0 Å². The molecule has 0 bridgehead atoms. The van der Waals surface area contributed by atoms with Crippen molar-refractivity contribution in [1.82, 2.24) is 4.98 Å². The van der Waals surface area contributed by atoms with Gasteiger partial charge in [0.05, 0.1) is 5.52 Å². The fraction of sp³-hybridized carbons (Fsp3) is 0.250. The average Bonchev–Trinajstić information content (AvgIpc) is 2.28. The molecule has 3 nitrogen and oxygen atoms in total. The number of para-hydroxylation sites is 1. The van der Waals surface area contributed by atoms with Crippen LogP contribution in [0.4, 0.5) is 0 Å². The molecule has 0 aliphatic carbocycles. The van der Waals surface area contributed by atoms with Crippen LogP contribution in [0.5, 0.6) is 0 Å². The van der Waals surface area contributed by atoms with Crippen molar-refractivity contribution in [2.75, 3.05) is 6.61 Å². The minimum atomic E-state index is -0.269. The van der Waals surface area contributed by atoms with Crippen molar-refractivity contribution in [2.45, 2.75) is 12.5 Å². The van der Waals surface area contributed by atoms with Gasteiger partial charge in [-0.3, -0.25) is 0 Å². The Hall–Kier alpha value is -1.16. The molecule has 1 aromatic carbocycles. The Bertz CT molecular complexity index is 501. The number of benzene rings is 1. The van der Waals surface area contributed by atoms with Crippen molar-refractivity contribution in [3.8, 4) is 0 Å². The molecule has 0 amide bonds. The Labute approximate surface area is 98.9 Å². The van der Waals surface area contributed by atoms with Crippen LogP contribution >= 0.6 is 11.6 Å². The van der Waals surface area contributed by atoms with Gasteiger partial charge in [-0.15, -0.1) is 0 Å². The third-order valence-corrected chi connectivity index (χ3v) is 2.85. The Morgan fingerprint density at radius 2 is 2.12 bits per heavy atom. The van der Waals surface area contributed by atoms with Crippen molar-refractivity contribution in [2.24, 2.45) is 5.73 Å². The highest BCUT2D eigenvalue weighted by Gasteiger charge is 2.11. The van der Waals surface area contributed by atoms with Crippen molar-refractivity contribution < 1.29 is 5.11 Å². The summed E-state index contributed by atoms with van der Waals surface area (Å²) < 4.78 is 0. The summed E-state index contributed by atoms with van der Waals surface area (Å²) in [4.78, 5) is 4.28. The highest BCUT2D eigenvalue weighted by atomic mass is 35.5. The summed E-state index contributed by atoms with van der Waals surface area (Å²) in [6, 6.07) is 9.40. The monoisotopic (exact) mass is 236 g/mol. The Morgan fingerprint density at radius 3 is 2.88 bits per heavy atom. The molecular weight excluding hydrogens is 224 g/mol. The van der Waals surface area contributed by atoms with Gasteiger partial charge in [0, 0.05) is 23.6 Å². The molecule has 1 unspecified atom stereocenters. The number of halogens is 1. The molecule has 0 saturated heterocycles. The lowest BCUT2D eigenvalue weighted by molar-refractivity contribution is 0.276. The first kappa shape index (κ1) is 11.3. The van der Waals surface area contributed by atoms with Gasteiger partial charge in [-0.2, -0.15) is 0 Å². The number of nitrogens with two attached hydrogens (primary N) is 1. The summed E-state index contributed by atoms with van der Waals surface area (Å²) in [5.41, 5.74) is 7.55. The molecule has 0 saturated carbocycles. The van der Waals surface area contributed by atoms with E-state index in [1.165, 1.54) is 0 Å². The molecule has 84 valence electrons. The lowest BCUT2D eigenvalue weighted by Gasteiger charge is -2.12. The first-order valence-corrected chi connectivity index (χ1v) is 5.52. The Morgan fingerprint density at radius 1 is 1.38 bits per heavy atom. The Balaban J connectivity index is 2.49. The van der Waals surface area contributed by atoms with Crippen LogP contribution in [0, 0.1) is 0 Å². The van der Waals surface area contributed by atoms with E-state index in [2.05, 4.69) is 4.98 Å². The van der Waals surface area contributed by atoms with Gasteiger partial charge < -0.3 is 10.8 Å². The van der Waals surface area contributed by atoms with Gasteiger partial charge in [0.15, 0.2) is 0 Å². The number of nitrogens with zero attached hydrogens (tertiary/aromatic N) is 1. The molecule has 2 rings (SSSR count). The van der Waals surface area contributed by atoms with Gasteiger partial charge in [0.2, 0.25) is 0 Å². The summed E-state index contributed by atoms with van der Waals surface area (Å²) in [6.07, 6.45) is 0.486. The van der Waals surface area contributed by atoms with E-state index in [-0.39, 0.29) is 12.6 Å². The molecule has 0 aliphatic heterocycles. The molecule has 16 heavy (non-hydrogen) atoms. The van der Waals surface area contributed by atoms with E-state index in [4.69, 9.17) is 22.4 Å². The molecule has 0 spiro atoms. The SMILES string of the molecule is NC(CCO)c1cc2ccccc2nc1Cl. The molecular formula is C12H13ClN2O. The van der Waals surface area contributed by atoms with Crippen LogP contribution in [0.2, 0.25) is 5.15 Å². The number of hydrogen-bond donors (Lipinski definition) is 2. The second kappa shape index (κ2) is 4.78.